The van der Waals surface area contributed by atoms with Crippen molar-refractivity contribution >= 4 is 28.8 Å². The first-order chi connectivity index (χ1) is 21.8. The summed E-state index contributed by atoms with van der Waals surface area (Å²) in [5, 5.41) is 30.2. The van der Waals surface area contributed by atoms with Gasteiger partial charge in [-0.2, -0.15) is 10.2 Å². The van der Waals surface area contributed by atoms with Crippen molar-refractivity contribution in [3.8, 4) is 23.3 Å². The second-order valence-electron chi connectivity index (χ2n) is 8.88. The van der Waals surface area contributed by atoms with Gasteiger partial charge in [-0.15, -0.1) is 0 Å². The molecule has 0 unspecified atom stereocenters. The summed E-state index contributed by atoms with van der Waals surface area (Å²) in [5.74, 6) is -0.908. The Kier molecular flexibility index (Phi) is 12.2. The topological polar surface area (TPSA) is 156 Å². The van der Waals surface area contributed by atoms with Crippen LogP contribution in [0.15, 0.2) is 54.7 Å². The van der Waals surface area contributed by atoms with Crippen LogP contribution in [-0.4, -0.2) is 35.7 Å². The van der Waals surface area contributed by atoms with Crippen LogP contribution in [0.4, 0.5) is 37.6 Å². The van der Waals surface area contributed by atoms with Gasteiger partial charge in [0.05, 0.1) is 48.8 Å². The van der Waals surface area contributed by atoms with E-state index in [1.165, 1.54) is 0 Å². The fourth-order valence-electron chi connectivity index (χ4n) is 4.11. The zero-order valence-corrected chi connectivity index (χ0v) is 25.4. The van der Waals surface area contributed by atoms with Crippen LogP contribution in [0.25, 0.3) is 0 Å². The number of nitriles is 1. The van der Waals surface area contributed by atoms with Crippen molar-refractivity contribution in [1.29, 1.82) is 5.26 Å². The third-order valence-corrected chi connectivity index (χ3v) is 6.15. The lowest BCUT2D eigenvalue weighted by Gasteiger charge is -2.16. The largest absolute Gasteiger partial charge is 0.497 e. The molecule has 1 aromatic heterocycles. The summed E-state index contributed by atoms with van der Waals surface area (Å²) in [6.07, 6.45) is 0.997. The molecule has 0 saturated carbocycles. The van der Waals surface area contributed by atoms with Gasteiger partial charge in [-0.1, -0.05) is 13.8 Å². The molecule has 0 radical (unpaired) electrons. The molecular formula is C31H33F2N7O5. The molecule has 3 N–H and O–H groups in total. The van der Waals surface area contributed by atoms with E-state index < -0.39 is 22.2 Å². The Bertz CT molecular complexity index is 1680. The fourth-order valence-corrected chi connectivity index (χ4v) is 4.11. The van der Waals surface area contributed by atoms with Crippen LogP contribution in [0.3, 0.4) is 0 Å². The molecule has 14 heteroatoms. The molecule has 3 aromatic carbocycles. The normalized spacial score (nSPS) is 10.1. The van der Waals surface area contributed by atoms with Crippen molar-refractivity contribution in [2.75, 3.05) is 36.8 Å². The van der Waals surface area contributed by atoms with E-state index in [1.54, 1.807) is 51.5 Å². The molecule has 0 spiro atoms. The number of anilines is 4. The lowest BCUT2D eigenvalue weighted by molar-refractivity contribution is -0.384. The Morgan fingerprint density at radius 3 is 2.40 bits per heavy atom. The highest BCUT2D eigenvalue weighted by Crippen LogP contribution is 2.31. The SMILES string of the molecule is CC.CCOc1c(F)cc(F)cc1CNc1nc(Nc2cc(C#N)ccc2NCc2ccc(OC)cc2OC)ncc1[N+](=O)[O-]. The Morgan fingerprint density at radius 1 is 0.978 bits per heavy atom. The standard InChI is InChI=1S/C29H27F2N7O5.C2H6/c1-4-43-27-19(10-20(30)11-22(27)31)15-34-28-25(38(39)40)16-35-29(37-28)36-24-9-17(13-32)5-8-23(24)33-14-18-6-7-21(41-2)12-26(18)42-3;1-2/h5-12,16,33H,4,14-15H2,1-3H3,(H2,34,35,36,37);1-2H3. The fraction of sp³-hybridized carbons (Fsp3) is 0.258. The maximum absolute atomic E-state index is 14.3. The number of hydrogen-bond donors (Lipinski definition) is 3. The number of rotatable bonds is 13. The van der Waals surface area contributed by atoms with Gasteiger partial charge in [0.25, 0.3) is 0 Å². The van der Waals surface area contributed by atoms with Crippen LogP contribution < -0.4 is 30.2 Å². The number of hydrogen-bond acceptors (Lipinski definition) is 11. The summed E-state index contributed by atoms with van der Waals surface area (Å²) >= 11 is 0. The summed E-state index contributed by atoms with van der Waals surface area (Å²) < 4.78 is 44.2. The molecule has 0 aliphatic heterocycles. The van der Waals surface area contributed by atoms with Gasteiger partial charge >= 0.3 is 5.69 Å². The molecule has 12 nitrogen and oxygen atoms in total. The van der Waals surface area contributed by atoms with Crippen LogP contribution in [0, 0.1) is 33.1 Å². The number of methoxy groups -OCH3 is 2. The van der Waals surface area contributed by atoms with Crippen LogP contribution >= 0.6 is 0 Å². The van der Waals surface area contributed by atoms with Crippen molar-refractivity contribution in [2.45, 2.75) is 33.9 Å². The molecule has 0 aliphatic carbocycles. The summed E-state index contributed by atoms with van der Waals surface area (Å²) in [7, 11) is 3.11. The lowest BCUT2D eigenvalue weighted by Crippen LogP contribution is -2.10. The van der Waals surface area contributed by atoms with Crippen LogP contribution in [0.2, 0.25) is 0 Å². The van der Waals surface area contributed by atoms with E-state index in [0.29, 0.717) is 41.0 Å². The summed E-state index contributed by atoms with van der Waals surface area (Å²) in [6.45, 7) is 5.88. The molecule has 0 fully saturated rings. The zero-order valence-electron chi connectivity index (χ0n) is 25.4. The number of ether oxygens (including phenoxy) is 3. The second-order valence-corrected chi connectivity index (χ2v) is 8.88. The third kappa shape index (κ3) is 8.66. The van der Waals surface area contributed by atoms with Crippen LogP contribution in [0.5, 0.6) is 17.2 Å². The van der Waals surface area contributed by atoms with Gasteiger partial charge in [-0.05, 0) is 43.3 Å². The summed E-state index contributed by atoms with van der Waals surface area (Å²) in [6, 6.07) is 14.1. The Labute approximate surface area is 259 Å². The maximum atomic E-state index is 14.3. The van der Waals surface area contributed by atoms with Crippen molar-refractivity contribution in [3.63, 3.8) is 0 Å². The summed E-state index contributed by atoms with van der Waals surface area (Å²) in [5.41, 5.74) is 1.80. The molecule has 1 heterocycles. The first kappa shape index (κ1) is 33.8. The maximum Gasteiger partial charge on any atom is 0.329 e. The minimum atomic E-state index is -0.900. The number of nitro groups is 1. The van der Waals surface area contributed by atoms with Gasteiger partial charge in [-0.25, -0.2) is 13.8 Å². The van der Waals surface area contributed by atoms with Gasteiger partial charge in [0, 0.05) is 36.3 Å². The van der Waals surface area contributed by atoms with Gasteiger partial charge in [0.15, 0.2) is 11.6 Å². The van der Waals surface area contributed by atoms with Crippen LogP contribution in [-0.2, 0) is 13.1 Å². The summed E-state index contributed by atoms with van der Waals surface area (Å²) in [4.78, 5) is 19.3. The number of nitrogens with zero attached hydrogens (tertiary/aromatic N) is 4. The van der Waals surface area contributed by atoms with E-state index in [4.69, 9.17) is 14.2 Å². The predicted octanol–water partition coefficient (Wildman–Crippen LogP) is 6.94. The van der Waals surface area contributed by atoms with Crippen molar-refractivity contribution in [3.05, 3.63) is 93.2 Å². The molecule has 0 aliphatic rings. The second kappa shape index (κ2) is 16.2. The third-order valence-electron chi connectivity index (χ3n) is 6.15. The van der Waals surface area contributed by atoms with Crippen molar-refractivity contribution in [2.24, 2.45) is 0 Å². The highest BCUT2D eigenvalue weighted by molar-refractivity contribution is 5.75. The highest BCUT2D eigenvalue weighted by atomic mass is 19.1. The molecule has 236 valence electrons. The number of nitrogens with one attached hydrogen (secondary N) is 3. The molecule has 0 saturated heterocycles. The molecule has 0 bridgehead atoms. The predicted molar refractivity (Wildman–Crippen MR) is 166 cm³/mol. The molecule has 0 atom stereocenters. The average Bonchev–Trinajstić information content (AvgIpc) is 3.05. The van der Waals surface area contributed by atoms with E-state index in [2.05, 4.69) is 32.0 Å². The van der Waals surface area contributed by atoms with E-state index in [9.17, 15) is 24.2 Å². The van der Waals surface area contributed by atoms with Gasteiger partial charge in [0.2, 0.25) is 11.8 Å². The van der Waals surface area contributed by atoms with E-state index >= 15 is 0 Å². The molecule has 4 rings (SSSR count). The molecule has 45 heavy (non-hydrogen) atoms. The smallest absolute Gasteiger partial charge is 0.329 e. The van der Waals surface area contributed by atoms with E-state index in [0.717, 1.165) is 17.8 Å². The average molecular weight is 622 g/mol. The zero-order chi connectivity index (χ0) is 32.9. The van der Waals surface area contributed by atoms with Crippen molar-refractivity contribution < 1.29 is 27.9 Å². The Morgan fingerprint density at radius 2 is 1.73 bits per heavy atom. The minimum absolute atomic E-state index is 0.0382. The van der Waals surface area contributed by atoms with E-state index in [1.807, 2.05) is 19.9 Å². The highest BCUT2D eigenvalue weighted by Gasteiger charge is 2.20. The number of aromatic nitrogens is 2. The Balaban J connectivity index is 0.00000271. The van der Waals surface area contributed by atoms with E-state index in [-0.39, 0.29) is 36.2 Å². The molecule has 0 amide bonds. The Hall–Kier alpha value is -5.71. The first-order valence-electron chi connectivity index (χ1n) is 13.9. The van der Waals surface area contributed by atoms with Crippen LogP contribution in [0.1, 0.15) is 37.5 Å². The van der Waals surface area contributed by atoms with Crippen molar-refractivity contribution in [1.82, 2.24) is 9.97 Å². The molecule has 4 aromatic rings. The van der Waals surface area contributed by atoms with Gasteiger partial charge in [-0.3, -0.25) is 10.1 Å². The minimum Gasteiger partial charge on any atom is -0.497 e. The monoisotopic (exact) mass is 621 g/mol. The number of benzene rings is 3. The van der Waals surface area contributed by atoms with Gasteiger partial charge in [0.1, 0.15) is 23.5 Å². The lowest BCUT2D eigenvalue weighted by atomic mass is 10.1. The quantitative estimate of drug-likeness (QED) is 0.105. The van der Waals surface area contributed by atoms with Gasteiger partial charge < -0.3 is 30.2 Å². The molecular weight excluding hydrogens is 588 g/mol. The number of halogens is 2. The first-order valence-corrected chi connectivity index (χ1v) is 13.9.